The van der Waals surface area contributed by atoms with Crippen molar-refractivity contribution in [2.75, 3.05) is 18.4 Å². The monoisotopic (exact) mass is 427 g/mol. The zero-order valence-electron chi connectivity index (χ0n) is 16.3. The van der Waals surface area contributed by atoms with Gasteiger partial charge in [0.2, 0.25) is 11.8 Å². The predicted molar refractivity (Wildman–Crippen MR) is 112 cm³/mol. The summed E-state index contributed by atoms with van der Waals surface area (Å²) in [5.41, 5.74) is 0.661. The number of likely N-dealkylation sites (tertiary alicyclic amines) is 1. The van der Waals surface area contributed by atoms with E-state index in [1.54, 1.807) is 30.5 Å². The lowest BCUT2D eigenvalue weighted by Crippen LogP contribution is -2.58. The number of rotatable bonds is 4. The van der Waals surface area contributed by atoms with Crippen LogP contribution in [0.15, 0.2) is 42.6 Å². The third-order valence-corrected chi connectivity index (χ3v) is 5.68. The van der Waals surface area contributed by atoms with Gasteiger partial charge >= 0.3 is 0 Å². The second-order valence-electron chi connectivity index (χ2n) is 7.53. The van der Waals surface area contributed by atoms with Gasteiger partial charge in [0.15, 0.2) is 0 Å². The van der Waals surface area contributed by atoms with Crippen LogP contribution in [0.25, 0.3) is 0 Å². The summed E-state index contributed by atoms with van der Waals surface area (Å²) >= 11 is 5.87. The Morgan fingerprint density at radius 2 is 1.97 bits per heavy atom. The van der Waals surface area contributed by atoms with Gasteiger partial charge in [0.05, 0.1) is 12.1 Å². The Morgan fingerprint density at radius 1 is 1.17 bits per heavy atom. The van der Waals surface area contributed by atoms with Crippen molar-refractivity contribution < 1.29 is 14.4 Å². The fraction of sp³-hybridized carbons (Fsp3) is 0.333. The van der Waals surface area contributed by atoms with Gasteiger partial charge in [-0.3, -0.25) is 14.4 Å². The molecule has 2 aromatic rings. The van der Waals surface area contributed by atoms with E-state index >= 15 is 0 Å². The van der Waals surface area contributed by atoms with Crippen molar-refractivity contribution in [2.24, 2.45) is 0 Å². The maximum atomic E-state index is 12.6. The molecular formula is C21H22ClN5O3. The summed E-state index contributed by atoms with van der Waals surface area (Å²) < 4.78 is 0. The number of hydrogen-bond acceptors (Lipinski definition) is 5. The largest absolute Gasteiger partial charge is 0.350 e. The summed E-state index contributed by atoms with van der Waals surface area (Å²) in [7, 11) is 0. The van der Waals surface area contributed by atoms with E-state index in [1.807, 2.05) is 12.1 Å². The van der Waals surface area contributed by atoms with Crippen molar-refractivity contribution in [3.8, 4) is 0 Å². The van der Waals surface area contributed by atoms with Crippen molar-refractivity contribution in [1.82, 2.24) is 20.5 Å². The third-order valence-electron chi connectivity index (χ3n) is 5.43. The number of nitrogens with zero attached hydrogens (tertiary/aromatic N) is 2. The molecule has 1 atom stereocenters. The molecule has 1 aromatic carbocycles. The number of hydrogen-bond donors (Lipinski definition) is 3. The van der Waals surface area contributed by atoms with Crippen LogP contribution in [0.2, 0.25) is 5.02 Å². The number of halogens is 1. The molecule has 0 radical (unpaired) electrons. The molecule has 2 aliphatic heterocycles. The lowest BCUT2D eigenvalue weighted by molar-refractivity contribution is -0.135. The van der Waals surface area contributed by atoms with Crippen LogP contribution in [0.3, 0.4) is 0 Å². The molecule has 1 saturated heterocycles. The van der Waals surface area contributed by atoms with Crippen LogP contribution in [-0.2, 0) is 16.1 Å². The Balaban J connectivity index is 1.36. The van der Waals surface area contributed by atoms with E-state index in [0.29, 0.717) is 42.3 Å². The number of nitrogens with one attached hydrogen (secondary N) is 3. The van der Waals surface area contributed by atoms with E-state index in [-0.39, 0.29) is 30.7 Å². The summed E-state index contributed by atoms with van der Waals surface area (Å²) in [6.07, 6.45) is 2.75. The quantitative estimate of drug-likeness (QED) is 0.691. The molecule has 1 spiro atoms. The Hall–Kier alpha value is -3.13. The molecule has 4 rings (SSSR count). The van der Waals surface area contributed by atoms with Crippen LogP contribution in [0.4, 0.5) is 5.82 Å². The van der Waals surface area contributed by atoms with Crippen LogP contribution < -0.4 is 16.0 Å². The van der Waals surface area contributed by atoms with Gasteiger partial charge in [-0.2, -0.15) is 0 Å². The zero-order chi connectivity index (χ0) is 21.1. The maximum Gasteiger partial charge on any atom is 0.256 e. The van der Waals surface area contributed by atoms with Gasteiger partial charge in [-0.25, -0.2) is 4.98 Å². The Morgan fingerprint density at radius 3 is 2.77 bits per heavy atom. The van der Waals surface area contributed by atoms with E-state index in [2.05, 4.69) is 20.9 Å². The van der Waals surface area contributed by atoms with Gasteiger partial charge in [0, 0.05) is 37.2 Å². The number of anilines is 1. The molecule has 1 unspecified atom stereocenters. The molecule has 8 nitrogen and oxygen atoms in total. The van der Waals surface area contributed by atoms with E-state index in [0.717, 1.165) is 5.56 Å². The lowest BCUT2D eigenvalue weighted by atomic mass is 9.97. The van der Waals surface area contributed by atoms with Crippen LogP contribution in [-0.4, -0.2) is 46.4 Å². The minimum absolute atomic E-state index is 0.0225. The number of benzene rings is 1. The summed E-state index contributed by atoms with van der Waals surface area (Å²) in [6.45, 7) is 0.690. The number of aromatic nitrogens is 1. The lowest BCUT2D eigenvalue weighted by Gasteiger charge is -2.39. The molecule has 1 fully saturated rings. The number of amides is 3. The molecular weight excluding hydrogens is 406 g/mol. The minimum atomic E-state index is -0.747. The highest BCUT2D eigenvalue weighted by molar-refractivity contribution is 6.30. The van der Waals surface area contributed by atoms with E-state index in [4.69, 9.17) is 11.6 Å². The summed E-state index contributed by atoms with van der Waals surface area (Å²) in [6, 6.07) is 10.6. The molecule has 1 aromatic heterocycles. The smallest absolute Gasteiger partial charge is 0.256 e. The average Bonchev–Trinajstić information content (AvgIpc) is 2.88. The highest BCUT2D eigenvalue weighted by atomic mass is 35.5. The summed E-state index contributed by atoms with van der Waals surface area (Å²) in [4.78, 5) is 43.2. The molecule has 3 heterocycles. The van der Waals surface area contributed by atoms with Gasteiger partial charge < -0.3 is 20.9 Å². The maximum absolute atomic E-state index is 12.6. The molecule has 0 saturated carbocycles. The summed E-state index contributed by atoms with van der Waals surface area (Å²) in [5, 5.41) is 9.75. The Kier molecular flexibility index (Phi) is 5.59. The van der Waals surface area contributed by atoms with Crippen molar-refractivity contribution >= 4 is 35.1 Å². The molecule has 9 heteroatoms. The van der Waals surface area contributed by atoms with Crippen molar-refractivity contribution in [3.05, 3.63) is 58.7 Å². The van der Waals surface area contributed by atoms with E-state index in [9.17, 15) is 14.4 Å². The standard InChI is InChI=1S/C21H22ClN5O3/c22-15-5-3-14(4-6-15)12-24-17(28)13-27-11-9-21(8-7-18(27)29)25-19-16(20(30)26-21)2-1-10-23-19/h1-6,10H,7-9,11-13H2,(H,23,25)(H,24,28)(H,26,30). The zero-order valence-corrected chi connectivity index (χ0v) is 17.0. The van der Waals surface area contributed by atoms with Crippen LogP contribution in [0.1, 0.15) is 35.2 Å². The van der Waals surface area contributed by atoms with Crippen LogP contribution >= 0.6 is 11.6 Å². The topological polar surface area (TPSA) is 103 Å². The normalized spacial score (nSPS) is 20.8. The van der Waals surface area contributed by atoms with Gasteiger partial charge in [-0.15, -0.1) is 0 Å². The summed E-state index contributed by atoms with van der Waals surface area (Å²) in [5.74, 6) is -0.0420. The highest BCUT2D eigenvalue weighted by Crippen LogP contribution is 2.30. The fourth-order valence-electron chi connectivity index (χ4n) is 3.73. The average molecular weight is 428 g/mol. The van der Waals surface area contributed by atoms with Crippen molar-refractivity contribution in [2.45, 2.75) is 31.5 Å². The van der Waals surface area contributed by atoms with E-state index < -0.39 is 5.66 Å². The molecule has 30 heavy (non-hydrogen) atoms. The van der Waals surface area contributed by atoms with Crippen molar-refractivity contribution in [3.63, 3.8) is 0 Å². The number of fused-ring (bicyclic) bond motifs is 1. The third kappa shape index (κ3) is 4.38. The first-order valence-corrected chi connectivity index (χ1v) is 10.2. The molecule has 0 bridgehead atoms. The van der Waals surface area contributed by atoms with Gasteiger partial charge in [0.1, 0.15) is 11.5 Å². The Bertz CT molecular complexity index is 981. The SMILES string of the molecule is O=C(CN1CCC2(CCC1=O)NC(=O)c1cccnc1N2)NCc1ccc(Cl)cc1. The van der Waals surface area contributed by atoms with Crippen LogP contribution in [0, 0.1) is 0 Å². The number of carbonyl (C=O) groups excluding carboxylic acids is 3. The second kappa shape index (κ2) is 8.31. The Labute approximate surface area is 179 Å². The molecule has 3 amide bonds. The first-order valence-electron chi connectivity index (χ1n) is 9.79. The van der Waals surface area contributed by atoms with Gasteiger partial charge in [0.25, 0.3) is 5.91 Å². The van der Waals surface area contributed by atoms with Crippen molar-refractivity contribution in [1.29, 1.82) is 0 Å². The van der Waals surface area contributed by atoms with Crippen LogP contribution in [0.5, 0.6) is 0 Å². The minimum Gasteiger partial charge on any atom is -0.350 e. The number of pyridine rings is 1. The fourth-order valence-corrected chi connectivity index (χ4v) is 3.86. The first kappa shape index (κ1) is 20.2. The second-order valence-corrected chi connectivity index (χ2v) is 7.97. The predicted octanol–water partition coefficient (Wildman–Crippen LogP) is 1.92. The molecule has 3 N–H and O–H groups in total. The first-order chi connectivity index (χ1) is 14.4. The number of carbonyl (C=O) groups is 3. The van der Waals surface area contributed by atoms with E-state index in [1.165, 1.54) is 4.90 Å². The van der Waals surface area contributed by atoms with Gasteiger partial charge in [-0.1, -0.05) is 23.7 Å². The van der Waals surface area contributed by atoms with Gasteiger partial charge in [-0.05, 0) is 36.2 Å². The highest BCUT2D eigenvalue weighted by Gasteiger charge is 2.41. The molecule has 2 aliphatic rings. The molecule has 156 valence electrons. The molecule has 0 aliphatic carbocycles.